The van der Waals surface area contributed by atoms with E-state index in [0.29, 0.717) is 6.42 Å². The summed E-state index contributed by atoms with van der Waals surface area (Å²) in [6, 6.07) is 6.59. The molecule has 5 heteroatoms. The topological polar surface area (TPSA) is 36.7 Å². The van der Waals surface area contributed by atoms with Gasteiger partial charge in [-0.05, 0) is 25.1 Å². The molecule has 2 rings (SSSR count). The summed E-state index contributed by atoms with van der Waals surface area (Å²) < 4.78 is 13.0. The monoisotopic (exact) mass is 266 g/mol. The van der Waals surface area contributed by atoms with E-state index in [2.05, 4.69) is 11.1 Å². The number of aryl methyl sites for hydroxylation is 1. The zero-order valence-electron chi connectivity index (χ0n) is 9.00. The molecule has 0 saturated heterocycles. The molecule has 0 amide bonds. The van der Waals surface area contributed by atoms with Crippen LogP contribution in [-0.4, -0.2) is 4.98 Å². The van der Waals surface area contributed by atoms with Crippen molar-refractivity contribution in [3.63, 3.8) is 0 Å². The van der Waals surface area contributed by atoms with E-state index in [1.807, 2.05) is 6.92 Å². The van der Waals surface area contributed by atoms with Crippen molar-refractivity contribution in [3.8, 4) is 16.6 Å². The first kappa shape index (κ1) is 12.0. The standard InChI is InChI=1S/C12H8ClFN2S/c1-7-11(4-5-15)17-12(16-7)8-2-3-10(14)9(13)6-8/h2-3,6H,4H2,1H3. The number of nitrogens with zero attached hydrogens (tertiary/aromatic N) is 2. The van der Waals surface area contributed by atoms with Gasteiger partial charge in [0.1, 0.15) is 10.8 Å². The third-order valence-electron chi connectivity index (χ3n) is 2.30. The van der Waals surface area contributed by atoms with Gasteiger partial charge in [-0.1, -0.05) is 11.6 Å². The number of nitriles is 1. The van der Waals surface area contributed by atoms with Crippen LogP contribution >= 0.6 is 22.9 Å². The molecule has 0 N–H and O–H groups in total. The van der Waals surface area contributed by atoms with Crippen molar-refractivity contribution in [2.75, 3.05) is 0 Å². The third-order valence-corrected chi connectivity index (χ3v) is 3.79. The van der Waals surface area contributed by atoms with Gasteiger partial charge in [0.2, 0.25) is 0 Å². The lowest BCUT2D eigenvalue weighted by Crippen LogP contribution is -1.81. The Morgan fingerprint density at radius 1 is 1.53 bits per heavy atom. The molecule has 0 spiro atoms. The van der Waals surface area contributed by atoms with E-state index in [1.54, 1.807) is 12.1 Å². The largest absolute Gasteiger partial charge is 0.241 e. The Morgan fingerprint density at radius 2 is 2.29 bits per heavy atom. The van der Waals surface area contributed by atoms with Crippen molar-refractivity contribution < 1.29 is 4.39 Å². The zero-order valence-corrected chi connectivity index (χ0v) is 10.6. The minimum absolute atomic E-state index is 0.0807. The average Bonchev–Trinajstić information content (AvgIpc) is 2.65. The molecule has 0 radical (unpaired) electrons. The highest BCUT2D eigenvalue weighted by Gasteiger charge is 2.10. The zero-order chi connectivity index (χ0) is 12.4. The molecule has 0 bridgehead atoms. The molecule has 1 heterocycles. The highest BCUT2D eigenvalue weighted by Crippen LogP contribution is 2.30. The Hall–Kier alpha value is -1.44. The fourth-order valence-electron chi connectivity index (χ4n) is 1.42. The summed E-state index contributed by atoms with van der Waals surface area (Å²) in [5, 5.41) is 9.50. The summed E-state index contributed by atoms with van der Waals surface area (Å²) in [6.45, 7) is 1.86. The molecule has 2 aromatic rings. The van der Waals surface area contributed by atoms with Crippen LogP contribution in [0, 0.1) is 24.1 Å². The second-order valence-electron chi connectivity index (χ2n) is 3.49. The van der Waals surface area contributed by atoms with Crippen LogP contribution in [0.2, 0.25) is 5.02 Å². The minimum atomic E-state index is -0.444. The average molecular weight is 267 g/mol. The fraction of sp³-hybridized carbons (Fsp3) is 0.167. The molecule has 2 nitrogen and oxygen atoms in total. The first-order chi connectivity index (χ1) is 8.11. The van der Waals surface area contributed by atoms with Crippen LogP contribution < -0.4 is 0 Å². The quantitative estimate of drug-likeness (QED) is 0.824. The molecule has 0 fully saturated rings. The lowest BCUT2D eigenvalue weighted by Gasteiger charge is -1.97. The molecule has 0 atom stereocenters. The van der Waals surface area contributed by atoms with Crippen molar-refractivity contribution in [2.24, 2.45) is 0 Å². The maximum Gasteiger partial charge on any atom is 0.141 e. The maximum absolute atomic E-state index is 13.0. The van der Waals surface area contributed by atoms with Gasteiger partial charge in [0.15, 0.2) is 0 Å². The van der Waals surface area contributed by atoms with E-state index in [-0.39, 0.29) is 5.02 Å². The van der Waals surface area contributed by atoms with Crippen LogP contribution in [0.15, 0.2) is 18.2 Å². The molecular formula is C12H8ClFN2S. The number of benzene rings is 1. The van der Waals surface area contributed by atoms with Gasteiger partial charge < -0.3 is 0 Å². The van der Waals surface area contributed by atoms with Crippen molar-refractivity contribution in [2.45, 2.75) is 13.3 Å². The van der Waals surface area contributed by atoms with Gasteiger partial charge in [0.25, 0.3) is 0 Å². The summed E-state index contributed by atoms with van der Waals surface area (Å²) >= 11 is 7.16. The van der Waals surface area contributed by atoms with E-state index in [1.165, 1.54) is 17.4 Å². The SMILES string of the molecule is Cc1nc(-c2ccc(F)c(Cl)c2)sc1CC#N. The molecule has 17 heavy (non-hydrogen) atoms. The molecule has 1 aromatic carbocycles. The number of thiazole rings is 1. The molecule has 0 unspecified atom stereocenters. The van der Waals surface area contributed by atoms with Crippen LogP contribution in [-0.2, 0) is 6.42 Å². The molecule has 86 valence electrons. The minimum Gasteiger partial charge on any atom is -0.241 e. The van der Waals surface area contributed by atoms with Crippen LogP contribution in [0.5, 0.6) is 0 Å². The van der Waals surface area contributed by atoms with Crippen LogP contribution in [0.25, 0.3) is 10.6 Å². The van der Waals surface area contributed by atoms with Crippen molar-refractivity contribution in [1.82, 2.24) is 4.98 Å². The van der Waals surface area contributed by atoms with Crippen LogP contribution in [0.1, 0.15) is 10.6 Å². The second kappa shape index (κ2) is 4.82. The van der Waals surface area contributed by atoms with Crippen molar-refractivity contribution in [1.29, 1.82) is 5.26 Å². The van der Waals surface area contributed by atoms with Crippen molar-refractivity contribution in [3.05, 3.63) is 39.6 Å². The predicted molar refractivity (Wildman–Crippen MR) is 66.6 cm³/mol. The first-order valence-corrected chi connectivity index (χ1v) is 6.10. The lowest BCUT2D eigenvalue weighted by molar-refractivity contribution is 0.628. The van der Waals surface area contributed by atoms with Gasteiger partial charge in [-0.25, -0.2) is 9.37 Å². The summed E-state index contributed by atoms with van der Waals surface area (Å²) in [7, 11) is 0. The molecular weight excluding hydrogens is 259 g/mol. The first-order valence-electron chi connectivity index (χ1n) is 4.90. The highest BCUT2D eigenvalue weighted by atomic mass is 35.5. The van der Waals surface area contributed by atoms with Gasteiger partial charge in [-0.15, -0.1) is 11.3 Å². The predicted octanol–water partition coefficient (Wildman–Crippen LogP) is 3.98. The van der Waals surface area contributed by atoms with Crippen LogP contribution in [0.3, 0.4) is 0 Å². The van der Waals surface area contributed by atoms with Crippen molar-refractivity contribution >= 4 is 22.9 Å². The summed E-state index contributed by atoms with van der Waals surface area (Å²) in [6.07, 6.45) is 0.346. The van der Waals surface area contributed by atoms with Gasteiger partial charge >= 0.3 is 0 Å². The Kier molecular flexibility index (Phi) is 3.41. The van der Waals surface area contributed by atoms with Gasteiger partial charge in [-0.2, -0.15) is 5.26 Å². The van der Waals surface area contributed by atoms with Gasteiger partial charge in [0.05, 0.1) is 23.2 Å². The molecule has 0 aliphatic heterocycles. The van der Waals surface area contributed by atoms with E-state index in [4.69, 9.17) is 16.9 Å². The Labute approximate surface area is 107 Å². The fourth-order valence-corrected chi connectivity index (χ4v) is 2.59. The molecule has 0 aliphatic carbocycles. The summed E-state index contributed by atoms with van der Waals surface area (Å²) in [5.74, 6) is -0.444. The van der Waals surface area contributed by atoms with E-state index >= 15 is 0 Å². The lowest BCUT2D eigenvalue weighted by atomic mass is 10.2. The number of halogens is 2. The number of aromatic nitrogens is 1. The maximum atomic E-state index is 13.0. The molecule has 0 aliphatic rings. The van der Waals surface area contributed by atoms with Crippen LogP contribution in [0.4, 0.5) is 4.39 Å². The van der Waals surface area contributed by atoms with E-state index in [0.717, 1.165) is 21.1 Å². The second-order valence-corrected chi connectivity index (χ2v) is 4.98. The van der Waals surface area contributed by atoms with E-state index in [9.17, 15) is 4.39 Å². The summed E-state index contributed by atoms with van der Waals surface area (Å²) in [5.41, 5.74) is 1.61. The smallest absolute Gasteiger partial charge is 0.141 e. The number of rotatable bonds is 2. The Bertz CT molecular complexity index is 601. The van der Waals surface area contributed by atoms with Gasteiger partial charge in [0, 0.05) is 10.4 Å². The molecule has 0 saturated carbocycles. The highest BCUT2D eigenvalue weighted by molar-refractivity contribution is 7.15. The molecule has 1 aromatic heterocycles. The Morgan fingerprint density at radius 3 is 2.94 bits per heavy atom. The Balaban J connectivity index is 2.43. The van der Waals surface area contributed by atoms with Gasteiger partial charge in [-0.3, -0.25) is 0 Å². The normalized spacial score (nSPS) is 10.2. The number of hydrogen-bond donors (Lipinski definition) is 0. The summed E-state index contributed by atoms with van der Waals surface area (Å²) in [4.78, 5) is 5.29. The number of hydrogen-bond acceptors (Lipinski definition) is 3. The van der Waals surface area contributed by atoms with E-state index < -0.39 is 5.82 Å². The third kappa shape index (κ3) is 2.46.